The SMILES string of the molecule is O=C(c1ccc(Cl)cc1)n1c(=S)nc2ccccn21. The Morgan fingerprint density at radius 3 is 2.63 bits per heavy atom. The van der Waals surface area contributed by atoms with Gasteiger partial charge in [0.2, 0.25) is 4.77 Å². The van der Waals surface area contributed by atoms with Gasteiger partial charge >= 0.3 is 0 Å². The Bertz CT molecular complexity index is 820. The number of fused-ring (bicyclic) bond motifs is 1. The molecule has 1 aromatic carbocycles. The summed E-state index contributed by atoms with van der Waals surface area (Å²) in [5, 5.41) is 0.582. The zero-order valence-corrected chi connectivity index (χ0v) is 11.2. The lowest BCUT2D eigenvalue weighted by Crippen LogP contribution is -2.17. The summed E-state index contributed by atoms with van der Waals surface area (Å²) < 4.78 is 3.21. The Morgan fingerprint density at radius 1 is 1.16 bits per heavy atom. The number of carbonyl (C=O) groups excluding carboxylic acids is 1. The van der Waals surface area contributed by atoms with Crippen molar-refractivity contribution in [3.63, 3.8) is 0 Å². The van der Waals surface area contributed by atoms with Crippen molar-refractivity contribution in [2.75, 3.05) is 0 Å². The molecule has 0 aliphatic heterocycles. The molecule has 0 atom stereocenters. The molecule has 0 N–H and O–H groups in total. The normalized spacial score (nSPS) is 10.8. The summed E-state index contributed by atoms with van der Waals surface area (Å²) in [4.78, 5) is 16.6. The van der Waals surface area contributed by atoms with Crippen LogP contribution in [0.25, 0.3) is 5.65 Å². The first-order chi connectivity index (χ1) is 9.16. The van der Waals surface area contributed by atoms with Crippen molar-refractivity contribution in [3.8, 4) is 0 Å². The summed E-state index contributed by atoms with van der Waals surface area (Å²) in [6.45, 7) is 0. The first-order valence-electron chi connectivity index (χ1n) is 5.53. The van der Waals surface area contributed by atoms with Crippen LogP contribution in [0.5, 0.6) is 0 Å². The number of nitrogens with zero attached hydrogens (tertiary/aromatic N) is 3. The summed E-state index contributed by atoms with van der Waals surface area (Å²) in [6, 6.07) is 12.1. The van der Waals surface area contributed by atoms with Crippen molar-refractivity contribution in [2.24, 2.45) is 0 Å². The van der Waals surface area contributed by atoms with E-state index in [0.717, 1.165) is 0 Å². The molecule has 0 aliphatic rings. The van der Waals surface area contributed by atoms with E-state index in [9.17, 15) is 4.79 Å². The van der Waals surface area contributed by atoms with Crippen LogP contribution in [0.2, 0.25) is 5.02 Å². The number of rotatable bonds is 1. The van der Waals surface area contributed by atoms with Crippen LogP contribution in [0.3, 0.4) is 0 Å². The van der Waals surface area contributed by atoms with Gasteiger partial charge in [0.25, 0.3) is 5.91 Å². The molecule has 19 heavy (non-hydrogen) atoms. The number of benzene rings is 1. The second kappa shape index (κ2) is 4.60. The number of hydrogen-bond acceptors (Lipinski definition) is 3. The van der Waals surface area contributed by atoms with E-state index in [0.29, 0.717) is 16.2 Å². The minimum Gasteiger partial charge on any atom is -0.267 e. The summed E-state index contributed by atoms with van der Waals surface area (Å²) in [5.41, 5.74) is 1.14. The van der Waals surface area contributed by atoms with Gasteiger partial charge in [-0.05, 0) is 48.6 Å². The van der Waals surface area contributed by atoms with E-state index in [4.69, 9.17) is 23.8 Å². The Labute approximate surface area is 118 Å². The Kier molecular flexibility index (Phi) is 2.93. The maximum Gasteiger partial charge on any atom is 0.279 e. The molecule has 0 saturated carbocycles. The zero-order valence-electron chi connectivity index (χ0n) is 9.65. The highest BCUT2D eigenvalue weighted by molar-refractivity contribution is 7.71. The predicted molar refractivity (Wildman–Crippen MR) is 75.2 cm³/mol. The summed E-state index contributed by atoms with van der Waals surface area (Å²) in [6.07, 6.45) is 1.74. The van der Waals surface area contributed by atoms with E-state index in [-0.39, 0.29) is 10.7 Å². The van der Waals surface area contributed by atoms with Gasteiger partial charge in [0.15, 0.2) is 5.65 Å². The molecule has 0 fully saturated rings. The lowest BCUT2D eigenvalue weighted by Gasteiger charge is -2.04. The summed E-state index contributed by atoms with van der Waals surface area (Å²) in [5.74, 6) is -0.236. The van der Waals surface area contributed by atoms with E-state index in [1.54, 1.807) is 41.0 Å². The third kappa shape index (κ3) is 2.07. The topological polar surface area (TPSA) is 39.3 Å². The number of pyridine rings is 1. The van der Waals surface area contributed by atoms with Crippen LogP contribution < -0.4 is 0 Å². The highest BCUT2D eigenvalue weighted by Crippen LogP contribution is 2.12. The smallest absolute Gasteiger partial charge is 0.267 e. The molecule has 0 aliphatic carbocycles. The van der Waals surface area contributed by atoms with Crippen LogP contribution >= 0.6 is 23.8 Å². The maximum absolute atomic E-state index is 12.4. The van der Waals surface area contributed by atoms with E-state index in [1.807, 2.05) is 12.1 Å². The minimum atomic E-state index is -0.236. The molecular weight excluding hydrogens is 282 g/mol. The molecule has 0 spiro atoms. The van der Waals surface area contributed by atoms with E-state index in [2.05, 4.69) is 4.98 Å². The highest BCUT2D eigenvalue weighted by atomic mass is 35.5. The van der Waals surface area contributed by atoms with Crippen LogP contribution in [0.1, 0.15) is 10.4 Å². The fourth-order valence-electron chi connectivity index (χ4n) is 1.82. The van der Waals surface area contributed by atoms with Crippen LogP contribution in [0.15, 0.2) is 48.7 Å². The van der Waals surface area contributed by atoms with Crippen LogP contribution in [-0.2, 0) is 0 Å². The van der Waals surface area contributed by atoms with E-state index < -0.39 is 0 Å². The maximum atomic E-state index is 12.4. The zero-order chi connectivity index (χ0) is 13.4. The average Bonchev–Trinajstić information content (AvgIpc) is 2.74. The van der Waals surface area contributed by atoms with Crippen molar-refractivity contribution >= 4 is 35.4 Å². The molecule has 2 heterocycles. The Morgan fingerprint density at radius 2 is 1.89 bits per heavy atom. The molecule has 3 rings (SSSR count). The monoisotopic (exact) mass is 289 g/mol. The molecule has 0 radical (unpaired) electrons. The van der Waals surface area contributed by atoms with Gasteiger partial charge in [-0.15, -0.1) is 0 Å². The Balaban J connectivity index is 2.19. The molecule has 0 saturated heterocycles. The van der Waals surface area contributed by atoms with Crippen molar-refractivity contribution in [2.45, 2.75) is 0 Å². The molecule has 0 unspecified atom stereocenters. The first kappa shape index (κ1) is 12.1. The van der Waals surface area contributed by atoms with Gasteiger partial charge in [-0.25, -0.2) is 4.52 Å². The van der Waals surface area contributed by atoms with Crippen LogP contribution in [0.4, 0.5) is 0 Å². The van der Waals surface area contributed by atoms with Gasteiger partial charge in [0.1, 0.15) is 0 Å². The third-order valence-electron chi connectivity index (χ3n) is 2.71. The fraction of sp³-hybridized carbons (Fsp3) is 0. The van der Waals surface area contributed by atoms with Crippen molar-refractivity contribution in [1.82, 2.24) is 14.2 Å². The summed E-state index contributed by atoms with van der Waals surface area (Å²) in [7, 11) is 0. The average molecular weight is 290 g/mol. The predicted octanol–water partition coefficient (Wildman–Crippen LogP) is 3.21. The minimum absolute atomic E-state index is 0.228. The fourth-order valence-corrected chi connectivity index (χ4v) is 2.21. The van der Waals surface area contributed by atoms with Gasteiger partial charge in [0, 0.05) is 16.8 Å². The lowest BCUT2D eigenvalue weighted by molar-refractivity contribution is 0.0938. The quantitative estimate of drug-likeness (QED) is 0.646. The van der Waals surface area contributed by atoms with Crippen molar-refractivity contribution < 1.29 is 4.79 Å². The molecule has 0 amide bonds. The third-order valence-corrected chi connectivity index (χ3v) is 3.22. The number of hydrogen-bond donors (Lipinski definition) is 0. The van der Waals surface area contributed by atoms with Crippen LogP contribution in [0, 0.1) is 4.77 Å². The van der Waals surface area contributed by atoms with Crippen molar-refractivity contribution in [1.29, 1.82) is 0 Å². The molecule has 94 valence electrons. The number of halogens is 1. The number of aromatic nitrogens is 3. The van der Waals surface area contributed by atoms with Gasteiger partial charge in [-0.2, -0.15) is 9.67 Å². The molecule has 4 nitrogen and oxygen atoms in total. The standard InChI is InChI=1S/C13H8ClN3OS/c14-10-6-4-9(5-7-10)12(18)17-13(19)15-11-3-1-2-8-16(11)17/h1-8H. The van der Waals surface area contributed by atoms with Gasteiger partial charge in [0.05, 0.1) is 0 Å². The lowest BCUT2D eigenvalue weighted by atomic mass is 10.2. The molecule has 2 aromatic heterocycles. The second-order valence-electron chi connectivity index (χ2n) is 3.92. The number of carbonyl (C=O) groups is 1. The molecular formula is C13H8ClN3OS. The van der Waals surface area contributed by atoms with E-state index in [1.165, 1.54) is 4.68 Å². The second-order valence-corrected chi connectivity index (χ2v) is 4.72. The van der Waals surface area contributed by atoms with Gasteiger partial charge < -0.3 is 0 Å². The van der Waals surface area contributed by atoms with Gasteiger partial charge in [-0.3, -0.25) is 4.79 Å². The first-order valence-corrected chi connectivity index (χ1v) is 6.32. The molecule has 6 heteroatoms. The van der Waals surface area contributed by atoms with Crippen molar-refractivity contribution in [3.05, 3.63) is 64.0 Å². The largest absolute Gasteiger partial charge is 0.279 e. The van der Waals surface area contributed by atoms with Crippen LogP contribution in [-0.4, -0.2) is 20.1 Å². The van der Waals surface area contributed by atoms with E-state index >= 15 is 0 Å². The highest BCUT2D eigenvalue weighted by Gasteiger charge is 2.13. The molecule has 3 aromatic rings. The van der Waals surface area contributed by atoms with Gasteiger partial charge in [-0.1, -0.05) is 17.7 Å². The summed E-state index contributed by atoms with van der Waals surface area (Å²) >= 11 is 11.0. The molecule has 0 bridgehead atoms. The Hall–Kier alpha value is -1.98.